The normalized spacial score (nSPS) is 14.5. The lowest BCUT2D eigenvalue weighted by molar-refractivity contribution is 0.0903. The second kappa shape index (κ2) is 9.29. The molecule has 0 radical (unpaired) electrons. The fraction of sp³-hybridized carbons (Fsp3) is 0.280. The molecule has 1 saturated heterocycles. The highest BCUT2D eigenvalue weighted by atomic mass is 35.5. The van der Waals surface area contributed by atoms with Gasteiger partial charge in [-0.25, -0.2) is 4.98 Å². The number of hydrogen-bond donors (Lipinski definition) is 1. The first kappa shape index (κ1) is 21.6. The van der Waals surface area contributed by atoms with E-state index >= 15 is 0 Å². The standard InChI is InChI=1S/C25H24ClN5O2/c1-2-31-23-18(15-28-25(30-23)29-19-7-11-33-12-8-19)13-21(24(31)32)20-4-3-17(14-22(20)26)16-5-9-27-10-6-16/h3-6,9-10,13-15,19H,2,7-8,11-12H2,1H3,(H,28,29,30). The molecule has 0 aliphatic carbocycles. The van der Waals surface area contributed by atoms with Crippen LogP contribution in [0, 0.1) is 0 Å². The van der Waals surface area contributed by atoms with E-state index in [0.717, 1.165) is 42.6 Å². The molecule has 1 fully saturated rings. The summed E-state index contributed by atoms with van der Waals surface area (Å²) >= 11 is 6.65. The Balaban J connectivity index is 1.54. The molecule has 5 rings (SSSR count). The topological polar surface area (TPSA) is 81.9 Å². The van der Waals surface area contributed by atoms with E-state index in [-0.39, 0.29) is 11.6 Å². The number of aryl methyl sites for hydroxylation is 1. The third-order valence-corrected chi connectivity index (χ3v) is 6.28. The summed E-state index contributed by atoms with van der Waals surface area (Å²) in [4.78, 5) is 26.7. The third-order valence-electron chi connectivity index (χ3n) is 5.97. The van der Waals surface area contributed by atoms with E-state index in [4.69, 9.17) is 16.3 Å². The second-order valence-electron chi connectivity index (χ2n) is 8.04. The monoisotopic (exact) mass is 461 g/mol. The molecule has 0 unspecified atom stereocenters. The first-order valence-corrected chi connectivity index (χ1v) is 11.5. The van der Waals surface area contributed by atoms with E-state index in [2.05, 4.69) is 20.3 Å². The highest BCUT2D eigenvalue weighted by molar-refractivity contribution is 6.33. The van der Waals surface area contributed by atoms with Gasteiger partial charge in [-0.1, -0.05) is 23.7 Å². The van der Waals surface area contributed by atoms with Crippen LogP contribution in [0.4, 0.5) is 5.95 Å². The fourth-order valence-corrected chi connectivity index (χ4v) is 4.48. The number of hydrogen-bond acceptors (Lipinski definition) is 6. The van der Waals surface area contributed by atoms with Crippen molar-refractivity contribution in [2.75, 3.05) is 18.5 Å². The Bertz CT molecular complexity index is 1350. The maximum absolute atomic E-state index is 13.4. The third kappa shape index (κ3) is 4.34. The number of fused-ring (bicyclic) bond motifs is 1. The first-order valence-electron chi connectivity index (χ1n) is 11.1. The number of anilines is 1. The van der Waals surface area contributed by atoms with Gasteiger partial charge >= 0.3 is 0 Å². The van der Waals surface area contributed by atoms with Crippen LogP contribution >= 0.6 is 11.6 Å². The largest absolute Gasteiger partial charge is 0.381 e. The molecule has 0 spiro atoms. The molecule has 4 aromatic rings. The van der Waals surface area contributed by atoms with Gasteiger partial charge in [-0.3, -0.25) is 14.3 Å². The number of aromatic nitrogens is 4. The van der Waals surface area contributed by atoms with Crippen LogP contribution in [0.25, 0.3) is 33.3 Å². The highest BCUT2D eigenvalue weighted by Crippen LogP contribution is 2.32. The number of nitrogens with zero attached hydrogens (tertiary/aromatic N) is 4. The van der Waals surface area contributed by atoms with Crippen LogP contribution in [-0.4, -0.2) is 38.8 Å². The van der Waals surface area contributed by atoms with Gasteiger partial charge in [0.15, 0.2) is 0 Å². The number of rotatable bonds is 5. The summed E-state index contributed by atoms with van der Waals surface area (Å²) in [5.41, 5.74) is 3.69. The molecule has 0 amide bonds. The van der Waals surface area contributed by atoms with Crippen LogP contribution in [0.3, 0.4) is 0 Å². The summed E-state index contributed by atoms with van der Waals surface area (Å²) in [7, 11) is 0. The van der Waals surface area contributed by atoms with E-state index in [1.54, 1.807) is 23.2 Å². The smallest absolute Gasteiger partial charge is 0.260 e. The van der Waals surface area contributed by atoms with Crippen molar-refractivity contribution in [1.82, 2.24) is 19.5 Å². The van der Waals surface area contributed by atoms with Gasteiger partial charge in [-0.15, -0.1) is 0 Å². The van der Waals surface area contributed by atoms with Gasteiger partial charge in [0.25, 0.3) is 5.56 Å². The molecule has 1 aliphatic rings. The van der Waals surface area contributed by atoms with Crippen molar-refractivity contribution in [1.29, 1.82) is 0 Å². The maximum Gasteiger partial charge on any atom is 0.260 e. The Morgan fingerprint density at radius 1 is 1.09 bits per heavy atom. The molecule has 3 aromatic heterocycles. The number of halogens is 1. The number of pyridine rings is 2. The lowest BCUT2D eigenvalue weighted by atomic mass is 10.0. The zero-order valence-corrected chi connectivity index (χ0v) is 19.0. The molecule has 0 saturated carbocycles. The van der Waals surface area contributed by atoms with Crippen LogP contribution in [0.5, 0.6) is 0 Å². The molecule has 8 heteroatoms. The van der Waals surface area contributed by atoms with Gasteiger partial charge in [0.2, 0.25) is 5.95 Å². The Morgan fingerprint density at radius 3 is 2.61 bits per heavy atom. The fourth-order valence-electron chi connectivity index (χ4n) is 4.20. The minimum Gasteiger partial charge on any atom is -0.381 e. The van der Waals surface area contributed by atoms with Crippen molar-refractivity contribution in [3.63, 3.8) is 0 Å². The van der Waals surface area contributed by atoms with Crippen molar-refractivity contribution >= 4 is 28.6 Å². The average molecular weight is 462 g/mol. The molecule has 1 aromatic carbocycles. The van der Waals surface area contributed by atoms with Gasteiger partial charge in [0.05, 0.1) is 0 Å². The van der Waals surface area contributed by atoms with E-state index in [1.165, 1.54) is 0 Å². The lowest BCUT2D eigenvalue weighted by Gasteiger charge is -2.23. The zero-order chi connectivity index (χ0) is 22.8. The van der Waals surface area contributed by atoms with Gasteiger partial charge < -0.3 is 10.1 Å². The van der Waals surface area contributed by atoms with Crippen molar-refractivity contribution in [3.8, 4) is 22.3 Å². The van der Waals surface area contributed by atoms with Crippen LogP contribution in [-0.2, 0) is 11.3 Å². The first-order chi connectivity index (χ1) is 16.1. The average Bonchev–Trinajstić information content (AvgIpc) is 2.85. The van der Waals surface area contributed by atoms with Crippen molar-refractivity contribution in [2.24, 2.45) is 0 Å². The van der Waals surface area contributed by atoms with Crippen molar-refractivity contribution in [2.45, 2.75) is 32.4 Å². The Labute approximate surface area is 196 Å². The minimum absolute atomic E-state index is 0.126. The summed E-state index contributed by atoms with van der Waals surface area (Å²) < 4.78 is 7.09. The van der Waals surface area contributed by atoms with E-state index < -0.39 is 0 Å². The van der Waals surface area contributed by atoms with Gasteiger partial charge in [-0.2, -0.15) is 4.98 Å². The summed E-state index contributed by atoms with van der Waals surface area (Å²) in [6, 6.07) is 11.7. The number of benzene rings is 1. The molecular weight excluding hydrogens is 438 g/mol. The molecule has 1 N–H and O–H groups in total. The molecule has 0 bridgehead atoms. The Kier molecular flexibility index (Phi) is 6.07. The molecule has 4 heterocycles. The summed E-state index contributed by atoms with van der Waals surface area (Å²) in [6.07, 6.45) is 7.07. The molecule has 7 nitrogen and oxygen atoms in total. The quantitative estimate of drug-likeness (QED) is 0.460. The molecule has 33 heavy (non-hydrogen) atoms. The van der Waals surface area contributed by atoms with Crippen LogP contribution in [0.1, 0.15) is 19.8 Å². The SMILES string of the molecule is CCn1c(=O)c(-c2ccc(-c3ccncc3)cc2Cl)cc2cnc(NC3CCOCC3)nc21. The minimum atomic E-state index is -0.126. The van der Waals surface area contributed by atoms with Crippen LogP contribution in [0.15, 0.2) is 59.8 Å². The van der Waals surface area contributed by atoms with E-state index in [9.17, 15) is 4.79 Å². The summed E-state index contributed by atoms with van der Waals surface area (Å²) in [5.74, 6) is 0.531. The van der Waals surface area contributed by atoms with Gasteiger partial charge in [-0.05, 0) is 55.2 Å². The van der Waals surface area contributed by atoms with Crippen molar-refractivity contribution < 1.29 is 4.74 Å². The maximum atomic E-state index is 13.4. The Morgan fingerprint density at radius 2 is 1.88 bits per heavy atom. The molecular formula is C25H24ClN5O2. The van der Waals surface area contributed by atoms with Crippen LogP contribution in [0.2, 0.25) is 5.02 Å². The predicted molar refractivity (Wildman–Crippen MR) is 131 cm³/mol. The van der Waals surface area contributed by atoms with Gasteiger partial charge in [0.1, 0.15) is 5.65 Å². The van der Waals surface area contributed by atoms with E-state index in [0.29, 0.717) is 34.3 Å². The molecule has 0 atom stereocenters. The lowest BCUT2D eigenvalue weighted by Crippen LogP contribution is -2.29. The van der Waals surface area contributed by atoms with Gasteiger partial charge in [0, 0.05) is 65.9 Å². The summed E-state index contributed by atoms with van der Waals surface area (Å²) in [6.45, 7) is 3.89. The molecule has 1 aliphatic heterocycles. The number of nitrogens with one attached hydrogen (secondary N) is 1. The zero-order valence-electron chi connectivity index (χ0n) is 18.3. The van der Waals surface area contributed by atoms with E-state index in [1.807, 2.05) is 43.3 Å². The summed E-state index contributed by atoms with van der Waals surface area (Å²) in [5, 5.41) is 4.68. The van der Waals surface area contributed by atoms with Crippen LogP contribution < -0.4 is 10.9 Å². The Hall–Kier alpha value is -3.29. The highest BCUT2D eigenvalue weighted by Gasteiger charge is 2.18. The second-order valence-corrected chi connectivity index (χ2v) is 8.45. The predicted octanol–water partition coefficient (Wildman–Crippen LogP) is 4.78. The number of ether oxygens (including phenoxy) is 1. The van der Waals surface area contributed by atoms with Crippen molar-refractivity contribution in [3.05, 3.63) is 70.4 Å². The molecule has 168 valence electrons.